The molecule has 2 aromatic heterocycles. The van der Waals surface area contributed by atoms with Gasteiger partial charge in [0, 0.05) is 49.6 Å². The van der Waals surface area contributed by atoms with E-state index < -0.39 is 0 Å². The van der Waals surface area contributed by atoms with Crippen LogP contribution in [0, 0.1) is 5.82 Å². The van der Waals surface area contributed by atoms with Crippen LogP contribution in [0.1, 0.15) is 23.7 Å². The maximum absolute atomic E-state index is 13.5. The molecule has 1 saturated heterocycles. The maximum atomic E-state index is 13.5. The summed E-state index contributed by atoms with van der Waals surface area (Å²) in [6.45, 7) is 3.10. The molecule has 4 aromatic rings. The van der Waals surface area contributed by atoms with Gasteiger partial charge in [-0.3, -0.25) is 9.88 Å². The van der Waals surface area contributed by atoms with Crippen LogP contribution >= 0.6 is 0 Å². The summed E-state index contributed by atoms with van der Waals surface area (Å²) in [6, 6.07) is 21.1. The number of imidazole rings is 1. The van der Waals surface area contributed by atoms with Crippen LogP contribution in [0.3, 0.4) is 0 Å². The minimum absolute atomic E-state index is 0.254. The van der Waals surface area contributed by atoms with Crippen molar-refractivity contribution in [2.45, 2.75) is 18.9 Å². The number of rotatable bonds is 5. The lowest BCUT2D eigenvalue weighted by Gasteiger charge is -2.16. The summed E-state index contributed by atoms with van der Waals surface area (Å²) >= 11 is 0. The second-order valence-electron chi connectivity index (χ2n) is 8.24. The van der Waals surface area contributed by atoms with Crippen molar-refractivity contribution in [1.82, 2.24) is 19.4 Å². The fourth-order valence-electron chi connectivity index (χ4n) is 4.39. The van der Waals surface area contributed by atoms with Gasteiger partial charge >= 0.3 is 0 Å². The van der Waals surface area contributed by atoms with Gasteiger partial charge < -0.3 is 4.57 Å². The molecule has 3 heterocycles. The smallest absolute Gasteiger partial charge is 0.123 e. The number of halogens is 1. The molecule has 2 aromatic carbocycles. The summed E-state index contributed by atoms with van der Waals surface area (Å²) in [5.41, 5.74) is 4.79. The van der Waals surface area contributed by atoms with Crippen molar-refractivity contribution < 1.29 is 4.39 Å². The van der Waals surface area contributed by atoms with Crippen molar-refractivity contribution in [3.8, 4) is 22.5 Å². The summed E-state index contributed by atoms with van der Waals surface area (Å²) < 4.78 is 15.6. The van der Waals surface area contributed by atoms with Gasteiger partial charge in [-0.15, -0.1) is 0 Å². The number of pyridine rings is 1. The van der Waals surface area contributed by atoms with Gasteiger partial charge in [-0.1, -0.05) is 42.5 Å². The lowest BCUT2D eigenvalue weighted by molar-refractivity contribution is 0.325. The fraction of sp³-hybridized carbons (Fsp3) is 0.231. The zero-order valence-electron chi connectivity index (χ0n) is 17.6. The number of hydrogen-bond acceptors (Lipinski definition) is 3. The largest absolute Gasteiger partial charge is 0.337 e. The minimum atomic E-state index is -0.254. The van der Waals surface area contributed by atoms with Crippen molar-refractivity contribution in [2.24, 2.45) is 7.05 Å². The first kappa shape index (κ1) is 19.6. The van der Waals surface area contributed by atoms with Crippen LogP contribution < -0.4 is 0 Å². The summed E-state index contributed by atoms with van der Waals surface area (Å²) in [5.74, 6) is 1.30. The Hall–Kier alpha value is -3.31. The Balaban J connectivity index is 1.31. The van der Waals surface area contributed by atoms with Crippen LogP contribution in [0.15, 0.2) is 79.1 Å². The molecule has 4 nitrogen and oxygen atoms in total. The highest BCUT2D eigenvalue weighted by molar-refractivity contribution is 5.64. The first-order chi connectivity index (χ1) is 15.2. The number of hydrogen-bond donors (Lipinski definition) is 0. The minimum Gasteiger partial charge on any atom is -0.337 e. The van der Waals surface area contributed by atoms with Gasteiger partial charge in [0.15, 0.2) is 0 Å². The molecule has 1 aliphatic heterocycles. The predicted molar refractivity (Wildman–Crippen MR) is 121 cm³/mol. The van der Waals surface area contributed by atoms with Gasteiger partial charge in [-0.25, -0.2) is 9.37 Å². The average Bonchev–Trinajstić information content (AvgIpc) is 3.41. The van der Waals surface area contributed by atoms with Crippen molar-refractivity contribution in [2.75, 3.05) is 13.1 Å². The van der Waals surface area contributed by atoms with E-state index in [-0.39, 0.29) is 5.82 Å². The number of aromatic nitrogens is 3. The van der Waals surface area contributed by atoms with E-state index in [0.29, 0.717) is 5.92 Å². The van der Waals surface area contributed by atoms with E-state index in [0.717, 1.165) is 54.4 Å². The van der Waals surface area contributed by atoms with Gasteiger partial charge in [0.2, 0.25) is 0 Å². The first-order valence-corrected chi connectivity index (χ1v) is 10.7. The highest BCUT2D eigenvalue weighted by Gasteiger charge is 2.27. The van der Waals surface area contributed by atoms with Crippen molar-refractivity contribution in [3.05, 3.63) is 96.3 Å². The Bertz CT molecular complexity index is 1170. The van der Waals surface area contributed by atoms with E-state index in [9.17, 15) is 4.39 Å². The molecular formula is C26H25FN4. The van der Waals surface area contributed by atoms with E-state index in [2.05, 4.69) is 58.0 Å². The lowest BCUT2D eigenvalue weighted by Crippen LogP contribution is -2.20. The molecule has 0 saturated carbocycles. The molecular weight excluding hydrogens is 387 g/mol. The fourth-order valence-corrected chi connectivity index (χ4v) is 4.39. The van der Waals surface area contributed by atoms with Crippen LogP contribution in [0.4, 0.5) is 4.39 Å². The van der Waals surface area contributed by atoms with Gasteiger partial charge in [-0.05, 0) is 42.8 Å². The Kier molecular flexibility index (Phi) is 5.35. The third-order valence-corrected chi connectivity index (χ3v) is 5.98. The van der Waals surface area contributed by atoms with Crippen molar-refractivity contribution in [3.63, 3.8) is 0 Å². The lowest BCUT2D eigenvalue weighted by atomic mass is 10.1. The van der Waals surface area contributed by atoms with Gasteiger partial charge in [-0.2, -0.15) is 0 Å². The Morgan fingerprint density at radius 1 is 0.968 bits per heavy atom. The maximum Gasteiger partial charge on any atom is 0.123 e. The molecule has 1 atom stereocenters. The van der Waals surface area contributed by atoms with Crippen LogP contribution in [-0.2, 0) is 13.6 Å². The number of aryl methyl sites for hydroxylation is 1. The normalized spacial score (nSPS) is 16.6. The second kappa shape index (κ2) is 8.44. The summed E-state index contributed by atoms with van der Waals surface area (Å²) in [7, 11) is 2.07. The molecule has 0 amide bonds. The van der Waals surface area contributed by atoms with Gasteiger partial charge in [0.05, 0.1) is 11.4 Å². The number of likely N-dealkylation sites (tertiary alicyclic amines) is 1. The molecule has 1 fully saturated rings. The number of nitrogens with zero attached hydrogens (tertiary/aromatic N) is 4. The number of benzene rings is 2. The molecule has 0 aliphatic carbocycles. The van der Waals surface area contributed by atoms with E-state index in [1.165, 1.54) is 17.7 Å². The molecule has 156 valence electrons. The first-order valence-electron chi connectivity index (χ1n) is 10.7. The molecule has 1 aliphatic rings. The van der Waals surface area contributed by atoms with E-state index in [1.807, 2.05) is 24.4 Å². The SMILES string of the molecule is Cn1cc(-c2ccc(-c3cccc(F)c3)nc2)nc1C1CCN(Cc2ccccc2)C1. The molecule has 1 unspecified atom stereocenters. The van der Waals surface area contributed by atoms with Crippen LogP contribution in [0.5, 0.6) is 0 Å². The Labute approximate surface area is 182 Å². The molecule has 0 radical (unpaired) electrons. The third kappa shape index (κ3) is 4.28. The highest BCUT2D eigenvalue weighted by Crippen LogP contribution is 2.30. The molecule has 0 spiro atoms. The zero-order valence-corrected chi connectivity index (χ0v) is 17.6. The molecule has 0 N–H and O–H groups in total. The topological polar surface area (TPSA) is 34.0 Å². The van der Waals surface area contributed by atoms with Crippen LogP contribution in [-0.4, -0.2) is 32.5 Å². The zero-order chi connectivity index (χ0) is 21.2. The van der Waals surface area contributed by atoms with Crippen molar-refractivity contribution in [1.29, 1.82) is 0 Å². The van der Waals surface area contributed by atoms with Crippen LogP contribution in [0.25, 0.3) is 22.5 Å². The van der Waals surface area contributed by atoms with E-state index >= 15 is 0 Å². The molecule has 5 rings (SSSR count). The summed E-state index contributed by atoms with van der Waals surface area (Å²) in [4.78, 5) is 12.0. The Morgan fingerprint density at radius 2 is 1.84 bits per heavy atom. The molecule has 31 heavy (non-hydrogen) atoms. The quantitative estimate of drug-likeness (QED) is 0.447. The highest BCUT2D eigenvalue weighted by atomic mass is 19.1. The van der Waals surface area contributed by atoms with E-state index in [4.69, 9.17) is 4.98 Å². The van der Waals surface area contributed by atoms with Gasteiger partial charge in [0.1, 0.15) is 11.6 Å². The van der Waals surface area contributed by atoms with Gasteiger partial charge in [0.25, 0.3) is 0 Å². The predicted octanol–water partition coefficient (Wildman–Crippen LogP) is 5.28. The summed E-state index contributed by atoms with van der Waals surface area (Å²) in [5, 5.41) is 0. The van der Waals surface area contributed by atoms with E-state index in [1.54, 1.807) is 6.07 Å². The Morgan fingerprint density at radius 3 is 2.61 bits per heavy atom. The standard InChI is InChI=1S/C26H25FN4/c1-30-18-25(21-10-11-24(28-15-21)20-8-5-9-23(27)14-20)29-26(30)22-12-13-31(17-22)16-19-6-3-2-4-7-19/h2-11,14-15,18,22H,12-13,16-17H2,1H3. The van der Waals surface area contributed by atoms with Crippen molar-refractivity contribution >= 4 is 0 Å². The summed E-state index contributed by atoms with van der Waals surface area (Å²) in [6.07, 6.45) is 5.02. The monoisotopic (exact) mass is 412 g/mol. The second-order valence-corrected chi connectivity index (χ2v) is 8.24. The molecule has 5 heteroatoms. The van der Waals surface area contributed by atoms with Crippen LogP contribution in [0.2, 0.25) is 0 Å². The third-order valence-electron chi connectivity index (χ3n) is 5.98. The average molecular weight is 413 g/mol. The molecule has 0 bridgehead atoms.